The predicted octanol–water partition coefficient (Wildman–Crippen LogP) is 0.327. The van der Waals surface area contributed by atoms with Gasteiger partial charge >= 0.3 is 11.8 Å². The second-order valence-corrected chi connectivity index (χ2v) is 3.80. The number of carbonyl (C=O) groups excluding carboxylic acids is 2. The first-order valence-corrected chi connectivity index (χ1v) is 5.59. The Kier molecular flexibility index (Phi) is 5.39. The summed E-state index contributed by atoms with van der Waals surface area (Å²) in [6.45, 7) is 0.305. The van der Waals surface area contributed by atoms with Crippen LogP contribution in [0.15, 0.2) is 30.3 Å². The summed E-state index contributed by atoms with van der Waals surface area (Å²) in [5.74, 6) is -1.37. The fraction of sp³-hybridized carbons (Fsp3) is 0.308. The van der Waals surface area contributed by atoms with Crippen molar-refractivity contribution in [1.82, 2.24) is 10.2 Å². The van der Waals surface area contributed by atoms with Crippen molar-refractivity contribution >= 4 is 11.8 Å². The van der Waals surface area contributed by atoms with Crippen molar-refractivity contribution in [3.63, 3.8) is 0 Å². The Morgan fingerprint density at radius 3 is 2.61 bits per heavy atom. The van der Waals surface area contributed by atoms with Crippen LogP contribution < -0.4 is 5.32 Å². The Labute approximate surface area is 106 Å². The summed E-state index contributed by atoms with van der Waals surface area (Å²) >= 11 is 0. The summed E-state index contributed by atoms with van der Waals surface area (Å²) in [4.78, 5) is 24.2. The van der Waals surface area contributed by atoms with Gasteiger partial charge in [-0.2, -0.15) is 5.26 Å². The molecule has 0 aromatic heterocycles. The highest BCUT2D eigenvalue weighted by Crippen LogP contribution is 2.00. The molecule has 94 valence electrons. The van der Waals surface area contributed by atoms with Gasteiger partial charge in [-0.05, 0) is 12.0 Å². The zero-order chi connectivity index (χ0) is 13.4. The molecule has 0 atom stereocenters. The highest BCUT2D eigenvalue weighted by Gasteiger charge is 2.17. The lowest BCUT2D eigenvalue weighted by molar-refractivity contribution is -0.144. The first-order valence-electron chi connectivity index (χ1n) is 5.59. The lowest BCUT2D eigenvalue weighted by atomic mass is 10.1. The fourth-order valence-corrected chi connectivity index (χ4v) is 1.41. The molecule has 1 N–H and O–H groups in total. The van der Waals surface area contributed by atoms with Crippen molar-refractivity contribution in [2.45, 2.75) is 6.42 Å². The molecule has 5 nitrogen and oxygen atoms in total. The monoisotopic (exact) mass is 245 g/mol. The Balaban J connectivity index is 2.41. The van der Waals surface area contributed by atoms with E-state index in [0.29, 0.717) is 13.0 Å². The summed E-state index contributed by atoms with van der Waals surface area (Å²) in [6, 6.07) is 11.5. The van der Waals surface area contributed by atoms with Crippen LogP contribution in [0.2, 0.25) is 0 Å². The number of hydrogen-bond acceptors (Lipinski definition) is 3. The van der Waals surface area contributed by atoms with Crippen molar-refractivity contribution < 1.29 is 9.59 Å². The average Bonchev–Trinajstić information content (AvgIpc) is 2.42. The van der Waals surface area contributed by atoms with E-state index < -0.39 is 11.8 Å². The average molecular weight is 245 g/mol. The molecule has 0 spiro atoms. The first-order chi connectivity index (χ1) is 8.65. The van der Waals surface area contributed by atoms with Crippen molar-refractivity contribution in [3.8, 4) is 6.07 Å². The van der Waals surface area contributed by atoms with E-state index in [2.05, 4.69) is 5.32 Å². The van der Waals surface area contributed by atoms with Gasteiger partial charge in [0, 0.05) is 13.6 Å². The number of rotatable bonds is 4. The standard InChI is InChI=1S/C13H15N3O2/c1-16(13(18)12(17)15-9-8-14)10-7-11-5-3-2-4-6-11/h2-6H,7,9-10H2,1H3,(H,15,17). The first kappa shape index (κ1) is 13.7. The largest absolute Gasteiger partial charge is 0.337 e. The molecule has 1 aromatic carbocycles. The Morgan fingerprint density at radius 1 is 1.33 bits per heavy atom. The molecule has 0 aliphatic heterocycles. The maximum Gasteiger partial charge on any atom is 0.311 e. The molecule has 1 rings (SSSR count). The molecule has 1 aromatic rings. The maximum atomic E-state index is 11.6. The minimum atomic E-state index is -0.743. The summed E-state index contributed by atoms with van der Waals surface area (Å²) in [6.07, 6.45) is 0.689. The second kappa shape index (κ2) is 7.07. The molecule has 0 saturated carbocycles. The molecule has 0 fully saturated rings. The maximum absolute atomic E-state index is 11.6. The normalized spacial score (nSPS) is 9.33. The summed E-state index contributed by atoms with van der Waals surface area (Å²) in [7, 11) is 1.57. The van der Waals surface area contributed by atoms with Crippen LogP contribution in [0.5, 0.6) is 0 Å². The van der Waals surface area contributed by atoms with E-state index in [1.807, 2.05) is 30.3 Å². The lowest BCUT2D eigenvalue weighted by Crippen LogP contribution is -2.41. The third-order valence-corrected chi connectivity index (χ3v) is 2.45. The van der Waals surface area contributed by atoms with Crippen LogP contribution >= 0.6 is 0 Å². The van der Waals surface area contributed by atoms with Gasteiger partial charge in [0.15, 0.2) is 0 Å². The van der Waals surface area contributed by atoms with Crippen molar-refractivity contribution in [2.24, 2.45) is 0 Å². The molecule has 0 heterocycles. The number of benzene rings is 1. The third-order valence-electron chi connectivity index (χ3n) is 2.45. The number of carbonyl (C=O) groups is 2. The Bertz CT molecular complexity index is 451. The molecule has 0 bridgehead atoms. The molecule has 2 amide bonds. The molecule has 0 aliphatic rings. The summed E-state index contributed by atoms with van der Waals surface area (Å²) < 4.78 is 0. The Hall–Kier alpha value is -2.35. The lowest BCUT2D eigenvalue weighted by Gasteiger charge is -2.16. The Morgan fingerprint density at radius 2 is 2.00 bits per heavy atom. The van der Waals surface area contributed by atoms with Gasteiger partial charge in [0.25, 0.3) is 0 Å². The highest BCUT2D eigenvalue weighted by atomic mass is 16.2. The number of likely N-dealkylation sites (N-methyl/N-ethyl adjacent to an activating group) is 1. The van der Waals surface area contributed by atoms with E-state index in [1.165, 1.54) is 4.90 Å². The molecule has 0 unspecified atom stereocenters. The number of hydrogen-bond donors (Lipinski definition) is 1. The minimum absolute atomic E-state index is 0.156. The van der Waals surface area contributed by atoms with Crippen LogP contribution in [-0.2, 0) is 16.0 Å². The quantitative estimate of drug-likeness (QED) is 0.613. The molecule has 0 radical (unpaired) electrons. The summed E-state index contributed by atoms with van der Waals surface area (Å²) in [5, 5.41) is 10.5. The van der Waals surface area contributed by atoms with Crippen LogP contribution in [0.1, 0.15) is 5.56 Å². The van der Waals surface area contributed by atoms with Crippen molar-refractivity contribution in [3.05, 3.63) is 35.9 Å². The zero-order valence-electron chi connectivity index (χ0n) is 10.2. The predicted molar refractivity (Wildman–Crippen MR) is 66.4 cm³/mol. The topological polar surface area (TPSA) is 73.2 Å². The van der Waals surface area contributed by atoms with Crippen LogP contribution in [0.3, 0.4) is 0 Å². The van der Waals surface area contributed by atoms with Gasteiger partial charge < -0.3 is 10.2 Å². The number of nitrogens with one attached hydrogen (secondary N) is 1. The van der Waals surface area contributed by atoms with E-state index in [9.17, 15) is 9.59 Å². The highest BCUT2D eigenvalue weighted by molar-refractivity contribution is 6.34. The van der Waals surface area contributed by atoms with Crippen LogP contribution in [0, 0.1) is 11.3 Å². The smallest absolute Gasteiger partial charge is 0.311 e. The van der Waals surface area contributed by atoms with Gasteiger partial charge in [0.05, 0.1) is 6.07 Å². The van der Waals surface area contributed by atoms with E-state index in [1.54, 1.807) is 13.1 Å². The molecule has 5 heteroatoms. The van der Waals surface area contributed by atoms with Crippen molar-refractivity contribution in [1.29, 1.82) is 5.26 Å². The number of nitriles is 1. The third kappa shape index (κ3) is 4.26. The van der Waals surface area contributed by atoms with Crippen molar-refractivity contribution in [2.75, 3.05) is 20.1 Å². The molecule has 0 aliphatic carbocycles. The number of amides is 2. The second-order valence-electron chi connectivity index (χ2n) is 3.80. The number of nitrogens with zero attached hydrogens (tertiary/aromatic N) is 2. The fourth-order valence-electron chi connectivity index (χ4n) is 1.41. The van der Waals surface area contributed by atoms with E-state index in [0.717, 1.165) is 5.56 Å². The van der Waals surface area contributed by atoms with Crippen LogP contribution in [-0.4, -0.2) is 36.9 Å². The molecule has 18 heavy (non-hydrogen) atoms. The molecule has 0 saturated heterocycles. The van der Waals surface area contributed by atoms with Gasteiger partial charge in [-0.3, -0.25) is 9.59 Å². The van der Waals surface area contributed by atoms with Gasteiger partial charge in [0.2, 0.25) is 0 Å². The van der Waals surface area contributed by atoms with Gasteiger partial charge in [-0.15, -0.1) is 0 Å². The van der Waals surface area contributed by atoms with E-state index >= 15 is 0 Å². The van der Waals surface area contributed by atoms with E-state index in [4.69, 9.17) is 5.26 Å². The summed E-state index contributed by atoms with van der Waals surface area (Å²) in [5.41, 5.74) is 1.11. The van der Waals surface area contributed by atoms with Gasteiger partial charge in [-0.1, -0.05) is 30.3 Å². The van der Waals surface area contributed by atoms with Crippen LogP contribution in [0.4, 0.5) is 0 Å². The van der Waals surface area contributed by atoms with Gasteiger partial charge in [-0.25, -0.2) is 0 Å². The van der Waals surface area contributed by atoms with Crippen LogP contribution in [0.25, 0.3) is 0 Å². The zero-order valence-corrected chi connectivity index (χ0v) is 10.2. The molecular weight excluding hydrogens is 230 g/mol. The minimum Gasteiger partial charge on any atom is -0.337 e. The van der Waals surface area contributed by atoms with E-state index in [-0.39, 0.29) is 6.54 Å². The SMILES string of the molecule is CN(CCc1ccccc1)C(=O)C(=O)NCC#N. The molecular formula is C13H15N3O2. The van der Waals surface area contributed by atoms with Gasteiger partial charge in [0.1, 0.15) is 6.54 Å².